The van der Waals surface area contributed by atoms with E-state index in [2.05, 4.69) is 4.57 Å². The van der Waals surface area contributed by atoms with Crippen molar-refractivity contribution < 1.29 is 4.39 Å². The van der Waals surface area contributed by atoms with E-state index < -0.39 is 0 Å². The molecule has 0 bridgehead atoms. The van der Waals surface area contributed by atoms with Gasteiger partial charge in [-0.15, -0.1) is 11.6 Å². The van der Waals surface area contributed by atoms with Crippen molar-refractivity contribution in [1.82, 2.24) is 9.55 Å². The second kappa shape index (κ2) is 5.08. The summed E-state index contributed by atoms with van der Waals surface area (Å²) in [7, 11) is 0. The van der Waals surface area contributed by atoms with Gasteiger partial charge >= 0.3 is 0 Å². The summed E-state index contributed by atoms with van der Waals surface area (Å²) in [4.78, 5) is 4.71. The van der Waals surface area contributed by atoms with E-state index in [1.165, 1.54) is 25.7 Å². The second-order valence-corrected chi connectivity index (χ2v) is 8.19. The highest BCUT2D eigenvalue weighted by Gasteiger charge is 2.44. The van der Waals surface area contributed by atoms with Crippen LogP contribution >= 0.6 is 34.2 Å². The standard InChI is InChI=1S/C16H17ClFIN2/c1-8(17)16-20-13-7-12(19)11(18)6-14(13)21(16)15(9-2-3-9)10-4-5-10/h6-10,15H,2-5H2,1H3. The molecule has 0 spiro atoms. The Morgan fingerprint density at radius 1 is 1.29 bits per heavy atom. The molecule has 4 rings (SSSR count). The Labute approximate surface area is 142 Å². The fourth-order valence-corrected chi connectivity index (χ4v) is 3.99. The summed E-state index contributed by atoms with van der Waals surface area (Å²) in [5.74, 6) is 2.19. The van der Waals surface area contributed by atoms with Gasteiger partial charge in [-0.1, -0.05) is 0 Å². The van der Waals surface area contributed by atoms with Crippen molar-refractivity contribution in [2.75, 3.05) is 0 Å². The smallest absolute Gasteiger partial charge is 0.138 e. The van der Waals surface area contributed by atoms with Crippen LogP contribution in [0.3, 0.4) is 0 Å². The third kappa shape index (κ3) is 2.48. The summed E-state index contributed by atoms with van der Waals surface area (Å²) < 4.78 is 16.9. The number of fused-ring (bicyclic) bond motifs is 1. The third-order valence-electron chi connectivity index (χ3n) is 4.62. The first-order valence-electron chi connectivity index (χ1n) is 7.57. The van der Waals surface area contributed by atoms with E-state index in [-0.39, 0.29) is 11.2 Å². The molecule has 1 unspecified atom stereocenters. The normalized spacial score (nSPS) is 20.4. The molecule has 0 N–H and O–H groups in total. The van der Waals surface area contributed by atoms with Crippen LogP contribution in [0.5, 0.6) is 0 Å². The minimum Gasteiger partial charge on any atom is -0.323 e. The average molecular weight is 419 g/mol. The van der Waals surface area contributed by atoms with Gasteiger partial charge in [0.05, 0.1) is 20.0 Å². The Morgan fingerprint density at radius 2 is 1.90 bits per heavy atom. The topological polar surface area (TPSA) is 17.8 Å². The molecule has 2 fully saturated rings. The Balaban J connectivity index is 1.95. The van der Waals surface area contributed by atoms with Crippen LogP contribution in [0.25, 0.3) is 11.0 Å². The van der Waals surface area contributed by atoms with Gasteiger partial charge < -0.3 is 4.57 Å². The van der Waals surface area contributed by atoms with E-state index in [4.69, 9.17) is 16.6 Å². The minimum atomic E-state index is -0.164. The van der Waals surface area contributed by atoms with E-state index in [0.717, 1.165) is 28.7 Å². The Kier molecular flexibility index (Phi) is 3.45. The number of rotatable bonds is 4. The maximum absolute atomic E-state index is 14.1. The molecular formula is C16H17ClFIN2. The number of hydrogen-bond acceptors (Lipinski definition) is 1. The van der Waals surface area contributed by atoms with Gasteiger partial charge in [-0.25, -0.2) is 9.37 Å². The first-order valence-corrected chi connectivity index (χ1v) is 9.08. The van der Waals surface area contributed by atoms with Crippen molar-refractivity contribution in [3.63, 3.8) is 0 Å². The Hall–Kier alpha value is -0.360. The lowest BCUT2D eigenvalue weighted by atomic mass is 10.1. The summed E-state index contributed by atoms with van der Waals surface area (Å²) in [6.07, 6.45) is 5.13. The van der Waals surface area contributed by atoms with Gasteiger partial charge in [0, 0.05) is 12.1 Å². The number of benzene rings is 1. The Bertz CT molecular complexity index is 692. The Morgan fingerprint density at radius 3 is 2.43 bits per heavy atom. The van der Waals surface area contributed by atoms with Crippen molar-refractivity contribution in [3.05, 3.63) is 27.3 Å². The van der Waals surface area contributed by atoms with Crippen LogP contribution in [0.1, 0.15) is 49.9 Å². The van der Waals surface area contributed by atoms with Crippen LogP contribution in [-0.2, 0) is 0 Å². The molecule has 5 heteroatoms. The second-order valence-electron chi connectivity index (χ2n) is 6.38. The highest BCUT2D eigenvalue weighted by atomic mass is 127. The number of hydrogen-bond donors (Lipinski definition) is 0. The van der Waals surface area contributed by atoms with E-state index in [9.17, 15) is 4.39 Å². The lowest BCUT2D eigenvalue weighted by Crippen LogP contribution is -2.17. The summed E-state index contributed by atoms with van der Waals surface area (Å²) in [5.41, 5.74) is 1.79. The summed E-state index contributed by atoms with van der Waals surface area (Å²) in [6, 6.07) is 3.94. The quantitative estimate of drug-likeness (QED) is 0.477. The highest BCUT2D eigenvalue weighted by molar-refractivity contribution is 14.1. The highest BCUT2D eigenvalue weighted by Crippen LogP contribution is 2.53. The van der Waals surface area contributed by atoms with Crippen LogP contribution in [-0.4, -0.2) is 9.55 Å². The van der Waals surface area contributed by atoms with Crippen molar-refractivity contribution in [2.24, 2.45) is 11.8 Å². The zero-order valence-corrected chi connectivity index (χ0v) is 14.7. The molecule has 2 nitrogen and oxygen atoms in total. The van der Waals surface area contributed by atoms with E-state index in [1.54, 1.807) is 6.07 Å². The third-order valence-corrected chi connectivity index (χ3v) is 5.64. The molecule has 0 saturated heterocycles. The van der Waals surface area contributed by atoms with Crippen LogP contribution in [0.15, 0.2) is 12.1 Å². The largest absolute Gasteiger partial charge is 0.323 e. The monoisotopic (exact) mass is 418 g/mol. The van der Waals surface area contributed by atoms with Gasteiger partial charge in [0.15, 0.2) is 0 Å². The van der Waals surface area contributed by atoms with Crippen LogP contribution in [0.4, 0.5) is 4.39 Å². The van der Waals surface area contributed by atoms with Crippen LogP contribution in [0, 0.1) is 21.2 Å². The summed E-state index contributed by atoms with van der Waals surface area (Å²) in [6.45, 7) is 1.96. The van der Waals surface area contributed by atoms with E-state index in [0.29, 0.717) is 9.61 Å². The maximum atomic E-state index is 14.1. The van der Waals surface area contributed by atoms with Gasteiger partial charge in [-0.2, -0.15) is 0 Å². The van der Waals surface area contributed by atoms with Gasteiger partial charge in [0.1, 0.15) is 11.6 Å². The average Bonchev–Trinajstić information content (AvgIpc) is 3.31. The maximum Gasteiger partial charge on any atom is 0.138 e. The lowest BCUT2D eigenvalue weighted by Gasteiger charge is -2.22. The minimum absolute atomic E-state index is 0.155. The van der Waals surface area contributed by atoms with Crippen LogP contribution in [0.2, 0.25) is 0 Å². The molecule has 2 saturated carbocycles. The molecule has 1 aromatic heterocycles. The van der Waals surface area contributed by atoms with Gasteiger partial charge in [0.25, 0.3) is 0 Å². The van der Waals surface area contributed by atoms with Crippen molar-refractivity contribution in [3.8, 4) is 0 Å². The SMILES string of the molecule is CC(Cl)c1nc2cc(I)c(F)cc2n1C(C1CC1)C1CC1. The number of aromatic nitrogens is 2. The first-order chi connectivity index (χ1) is 10.1. The van der Waals surface area contributed by atoms with Gasteiger partial charge in [-0.3, -0.25) is 0 Å². The molecule has 0 radical (unpaired) electrons. The molecule has 112 valence electrons. The zero-order chi connectivity index (χ0) is 14.7. The summed E-state index contributed by atoms with van der Waals surface area (Å²) in [5, 5.41) is -0.155. The predicted octanol–water partition coefficient (Wildman–Crippen LogP) is 5.44. The van der Waals surface area contributed by atoms with Gasteiger partial charge in [0.2, 0.25) is 0 Å². The van der Waals surface area contributed by atoms with E-state index in [1.807, 2.05) is 35.6 Å². The lowest BCUT2D eigenvalue weighted by molar-refractivity contribution is 0.392. The molecule has 2 aliphatic rings. The van der Waals surface area contributed by atoms with Gasteiger partial charge in [-0.05, 0) is 73.1 Å². The number of imidazole rings is 1. The van der Waals surface area contributed by atoms with E-state index >= 15 is 0 Å². The molecule has 21 heavy (non-hydrogen) atoms. The van der Waals surface area contributed by atoms with Crippen molar-refractivity contribution in [2.45, 2.75) is 44.0 Å². The predicted molar refractivity (Wildman–Crippen MR) is 91.2 cm³/mol. The first kappa shape index (κ1) is 14.2. The van der Waals surface area contributed by atoms with Crippen LogP contribution < -0.4 is 0 Å². The number of halogens is 3. The number of nitrogens with zero attached hydrogens (tertiary/aromatic N) is 2. The molecule has 1 aromatic carbocycles. The molecule has 2 aliphatic carbocycles. The fraction of sp³-hybridized carbons (Fsp3) is 0.562. The van der Waals surface area contributed by atoms with Crippen molar-refractivity contribution in [1.29, 1.82) is 0 Å². The molecule has 0 amide bonds. The molecule has 2 aromatic rings. The molecule has 0 aliphatic heterocycles. The fourth-order valence-electron chi connectivity index (χ4n) is 3.38. The summed E-state index contributed by atoms with van der Waals surface area (Å²) >= 11 is 8.40. The molecule has 1 atom stereocenters. The number of alkyl halides is 1. The molecule has 1 heterocycles. The zero-order valence-electron chi connectivity index (χ0n) is 11.8. The van der Waals surface area contributed by atoms with Crippen molar-refractivity contribution >= 4 is 45.2 Å². The molecular weight excluding hydrogens is 402 g/mol.